The minimum atomic E-state index is -4.65. The third kappa shape index (κ3) is 4.62. The molecule has 156 valence electrons. The molecule has 1 aromatic carbocycles. The Morgan fingerprint density at radius 3 is 2.28 bits per heavy atom. The molecule has 0 aromatic heterocycles. The van der Waals surface area contributed by atoms with Crippen LogP contribution in [0.3, 0.4) is 0 Å². The van der Waals surface area contributed by atoms with Crippen molar-refractivity contribution >= 4 is 15.6 Å². The summed E-state index contributed by atoms with van der Waals surface area (Å²) in [5, 5.41) is 1.53. The van der Waals surface area contributed by atoms with Crippen LogP contribution >= 0.6 is 0 Å². The van der Waals surface area contributed by atoms with Crippen LogP contribution in [0.1, 0.15) is 19.4 Å². The maximum Gasteiger partial charge on any atom is 0.402 e. The van der Waals surface area contributed by atoms with Crippen molar-refractivity contribution in [3.63, 3.8) is 0 Å². The van der Waals surface area contributed by atoms with Gasteiger partial charge in [0.1, 0.15) is 12.0 Å². The van der Waals surface area contributed by atoms with Crippen LogP contribution in [0.25, 0.3) is 0 Å². The van der Waals surface area contributed by atoms with E-state index in [1.165, 1.54) is 17.2 Å². The summed E-state index contributed by atoms with van der Waals surface area (Å²) in [7, 11) is -3.30. The van der Waals surface area contributed by atoms with Crippen molar-refractivity contribution in [2.45, 2.75) is 37.6 Å². The number of carbonyl (C=O) groups excluding carboxylic acids is 1. The molecule has 29 heavy (non-hydrogen) atoms. The van der Waals surface area contributed by atoms with Gasteiger partial charge in [-0.1, -0.05) is 18.2 Å². The molecule has 2 atom stereocenters. The molecular formula is C20H20F3NO4S. The van der Waals surface area contributed by atoms with E-state index in [0.29, 0.717) is 23.4 Å². The van der Waals surface area contributed by atoms with Crippen molar-refractivity contribution in [2.24, 2.45) is 5.92 Å². The summed E-state index contributed by atoms with van der Waals surface area (Å²) in [6.07, 6.45) is -0.645. The Bertz CT molecular complexity index is 1020. The fourth-order valence-electron chi connectivity index (χ4n) is 3.22. The lowest BCUT2D eigenvalue weighted by molar-refractivity contribution is -0.169. The molecule has 2 aliphatic rings. The minimum Gasteiger partial charge on any atom is -0.294 e. The smallest absolute Gasteiger partial charge is 0.294 e. The minimum absolute atomic E-state index is 0.199. The largest absolute Gasteiger partial charge is 0.402 e. The SMILES string of the molecule is CC1=CC(=O)C(C(F)(F)F)C=C1C1C=C(C)N(Cc2ccc(S(C)(=O)=O)cc2)O1. The molecular weight excluding hydrogens is 407 g/mol. The molecule has 1 heterocycles. The third-order valence-electron chi connectivity index (χ3n) is 4.83. The molecule has 1 aromatic rings. The molecule has 0 bridgehead atoms. The maximum atomic E-state index is 13.1. The number of ketones is 1. The number of halogens is 3. The molecule has 0 fully saturated rings. The summed E-state index contributed by atoms with van der Waals surface area (Å²) in [6, 6.07) is 6.30. The first-order chi connectivity index (χ1) is 13.4. The van der Waals surface area contributed by atoms with Gasteiger partial charge in [-0.3, -0.25) is 14.7 Å². The number of benzene rings is 1. The van der Waals surface area contributed by atoms with Gasteiger partial charge in [-0.2, -0.15) is 13.2 Å². The van der Waals surface area contributed by atoms with Crippen LogP contribution in [0, 0.1) is 5.92 Å². The van der Waals surface area contributed by atoms with E-state index in [1.54, 1.807) is 32.1 Å². The second kappa shape index (κ2) is 7.46. The van der Waals surface area contributed by atoms with Crippen LogP contribution in [0.2, 0.25) is 0 Å². The Morgan fingerprint density at radius 2 is 1.72 bits per heavy atom. The molecule has 0 radical (unpaired) electrons. The van der Waals surface area contributed by atoms with Gasteiger partial charge in [-0.05, 0) is 54.8 Å². The first-order valence-electron chi connectivity index (χ1n) is 8.79. The van der Waals surface area contributed by atoms with Gasteiger partial charge >= 0.3 is 6.18 Å². The van der Waals surface area contributed by atoms with E-state index in [0.717, 1.165) is 24.0 Å². The van der Waals surface area contributed by atoms with Crippen molar-refractivity contribution in [1.82, 2.24) is 5.06 Å². The molecule has 0 saturated heterocycles. The highest BCUT2D eigenvalue weighted by Gasteiger charge is 2.45. The average molecular weight is 427 g/mol. The highest BCUT2D eigenvalue weighted by atomic mass is 32.2. The second-order valence-corrected chi connectivity index (χ2v) is 9.17. The van der Waals surface area contributed by atoms with E-state index in [1.807, 2.05) is 0 Å². The molecule has 1 aliphatic carbocycles. The number of rotatable bonds is 4. The summed E-state index contributed by atoms with van der Waals surface area (Å²) >= 11 is 0. The number of allylic oxidation sites excluding steroid dienone is 3. The van der Waals surface area contributed by atoms with Crippen molar-refractivity contribution in [3.05, 3.63) is 64.9 Å². The van der Waals surface area contributed by atoms with Crippen molar-refractivity contribution in [2.75, 3.05) is 6.26 Å². The van der Waals surface area contributed by atoms with Crippen LogP contribution in [-0.4, -0.2) is 37.8 Å². The fraction of sp³-hybridized carbons (Fsp3) is 0.350. The first-order valence-corrected chi connectivity index (χ1v) is 10.7. The third-order valence-corrected chi connectivity index (χ3v) is 5.96. The van der Waals surface area contributed by atoms with Gasteiger partial charge in [-0.25, -0.2) is 8.42 Å². The zero-order valence-electron chi connectivity index (χ0n) is 16.0. The van der Waals surface area contributed by atoms with Crippen molar-refractivity contribution in [3.8, 4) is 0 Å². The number of hydrogen-bond donors (Lipinski definition) is 0. The van der Waals surface area contributed by atoms with Gasteiger partial charge < -0.3 is 0 Å². The van der Waals surface area contributed by atoms with Gasteiger partial charge in [0.2, 0.25) is 0 Å². The fourth-order valence-corrected chi connectivity index (χ4v) is 3.85. The van der Waals surface area contributed by atoms with Crippen molar-refractivity contribution in [1.29, 1.82) is 0 Å². The number of nitrogens with zero attached hydrogens (tertiary/aromatic N) is 1. The van der Waals surface area contributed by atoms with Gasteiger partial charge in [0.15, 0.2) is 15.6 Å². The van der Waals surface area contributed by atoms with Gasteiger partial charge in [0.25, 0.3) is 0 Å². The number of sulfone groups is 1. The van der Waals surface area contributed by atoms with E-state index in [-0.39, 0.29) is 4.90 Å². The van der Waals surface area contributed by atoms with Gasteiger partial charge in [0, 0.05) is 12.0 Å². The van der Waals surface area contributed by atoms with Crippen molar-refractivity contribution < 1.29 is 31.2 Å². The lowest BCUT2D eigenvalue weighted by Gasteiger charge is -2.26. The molecule has 5 nitrogen and oxygen atoms in total. The zero-order valence-corrected chi connectivity index (χ0v) is 16.8. The van der Waals surface area contributed by atoms with Crippen LogP contribution in [0.4, 0.5) is 13.2 Å². The topological polar surface area (TPSA) is 63.7 Å². The van der Waals surface area contributed by atoms with Gasteiger partial charge in [0.05, 0.1) is 11.4 Å². The van der Waals surface area contributed by atoms with Crippen LogP contribution in [-0.2, 0) is 26.0 Å². The Hall–Kier alpha value is -2.39. The highest BCUT2D eigenvalue weighted by Crippen LogP contribution is 2.37. The normalized spacial score (nSPS) is 23.0. The molecule has 2 unspecified atom stereocenters. The molecule has 1 aliphatic heterocycles. The van der Waals surface area contributed by atoms with E-state index < -0.39 is 33.8 Å². The number of alkyl halides is 3. The summed E-state index contributed by atoms with van der Waals surface area (Å²) < 4.78 is 62.5. The maximum absolute atomic E-state index is 13.1. The van der Waals surface area contributed by atoms with E-state index in [9.17, 15) is 26.4 Å². The number of carbonyl (C=O) groups is 1. The van der Waals surface area contributed by atoms with Gasteiger partial charge in [-0.15, -0.1) is 0 Å². The molecule has 3 rings (SSSR count). The monoisotopic (exact) mass is 427 g/mol. The standard InChI is InChI=1S/C20H20F3NO4S/c1-12-8-18(25)17(20(21,22)23)10-16(12)19-9-13(2)24(28-19)11-14-4-6-15(7-5-14)29(3,26)27/h4-10,17,19H,11H2,1-3H3. The second-order valence-electron chi connectivity index (χ2n) is 7.16. The average Bonchev–Trinajstić information content (AvgIpc) is 2.93. The summed E-state index contributed by atoms with van der Waals surface area (Å²) in [5.41, 5.74) is 2.22. The first kappa shape index (κ1) is 21.3. The van der Waals surface area contributed by atoms with E-state index >= 15 is 0 Å². The summed E-state index contributed by atoms with van der Waals surface area (Å²) in [5.74, 6) is -3.16. The Morgan fingerprint density at radius 1 is 1.10 bits per heavy atom. The molecule has 0 N–H and O–H groups in total. The lowest BCUT2D eigenvalue weighted by Crippen LogP contribution is -2.32. The molecule has 0 spiro atoms. The Balaban J connectivity index is 1.77. The van der Waals surface area contributed by atoms with E-state index in [4.69, 9.17) is 4.84 Å². The molecule has 0 amide bonds. The van der Waals surface area contributed by atoms with E-state index in [2.05, 4.69) is 0 Å². The van der Waals surface area contributed by atoms with Crippen LogP contribution in [0.15, 0.2) is 64.2 Å². The van der Waals surface area contributed by atoms with Crippen LogP contribution < -0.4 is 0 Å². The lowest BCUT2D eigenvalue weighted by atomic mass is 9.87. The predicted molar refractivity (Wildman–Crippen MR) is 100 cm³/mol. The zero-order chi connectivity index (χ0) is 21.6. The number of hydrogen-bond acceptors (Lipinski definition) is 5. The highest BCUT2D eigenvalue weighted by molar-refractivity contribution is 7.90. The Kier molecular flexibility index (Phi) is 5.48. The number of hydroxylamine groups is 2. The summed E-state index contributed by atoms with van der Waals surface area (Å²) in [6.45, 7) is 3.63. The molecule has 0 saturated carbocycles. The molecule has 9 heteroatoms. The quantitative estimate of drug-likeness (QED) is 0.733. The summed E-state index contributed by atoms with van der Waals surface area (Å²) in [4.78, 5) is 17.7. The van der Waals surface area contributed by atoms with Crippen LogP contribution in [0.5, 0.6) is 0 Å². The predicted octanol–water partition coefficient (Wildman–Crippen LogP) is 3.74. The Labute approximate surface area is 167 Å².